The second-order valence-corrected chi connectivity index (χ2v) is 5.36. The first-order valence-corrected chi connectivity index (χ1v) is 6.66. The van der Waals surface area contributed by atoms with Crippen molar-refractivity contribution in [3.8, 4) is 0 Å². The Kier molecular flexibility index (Phi) is 4.06. The summed E-state index contributed by atoms with van der Waals surface area (Å²) in [6, 6.07) is 6.74. The molecule has 2 nitrogen and oxygen atoms in total. The summed E-state index contributed by atoms with van der Waals surface area (Å²) in [5.74, 6) is 0.849. The standard InChI is InChI=1S/C15H24N2/c1-12-4-5-15(13(2)10-12)17(3)11-14-6-8-16-9-7-14/h4-5,10,14,16H,6-9,11H2,1-3H3. The zero-order valence-electron chi connectivity index (χ0n) is 11.3. The van der Waals surface area contributed by atoms with E-state index < -0.39 is 0 Å². The van der Waals surface area contributed by atoms with Gasteiger partial charge < -0.3 is 10.2 Å². The highest BCUT2D eigenvalue weighted by Gasteiger charge is 2.15. The van der Waals surface area contributed by atoms with E-state index in [4.69, 9.17) is 0 Å². The fourth-order valence-corrected chi connectivity index (χ4v) is 2.78. The summed E-state index contributed by atoms with van der Waals surface area (Å²) in [5.41, 5.74) is 4.12. The zero-order chi connectivity index (χ0) is 12.3. The van der Waals surface area contributed by atoms with E-state index in [-0.39, 0.29) is 0 Å². The van der Waals surface area contributed by atoms with Gasteiger partial charge in [0.2, 0.25) is 0 Å². The van der Waals surface area contributed by atoms with Gasteiger partial charge in [-0.05, 0) is 57.3 Å². The Morgan fingerprint density at radius 2 is 1.94 bits per heavy atom. The summed E-state index contributed by atoms with van der Waals surface area (Å²) in [4.78, 5) is 2.42. The van der Waals surface area contributed by atoms with Crippen molar-refractivity contribution < 1.29 is 0 Å². The minimum absolute atomic E-state index is 0.849. The van der Waals surface area contributed by atoms with E-state index in [1.807, 2.05) is 0 Å². The van der Waals surface area contributed by atoms with Crippen LogP contribution in [0.5, 0.6) is 0 Å². The van der Waals surface area contributed by atoms with Crippen LogP contribution in [-0.4, -0.2) is 26.7 Å². The molecule has 1 fully saturated rings. The molecule has 2 rings (SSSR count). The molecule has 1 aliphatic heterocycles. The van der Waals surface area contributed by atoms with Crippen molar-refractivity contribution in [2.45, 2.75) is 26.7 Å². The SMILES string of the molecule is Cc1ccc(N(C)CC2CCNCC2)c(C)c1. The molecule has 0 atom stereocenters. The molecule has 0 unspecified atom stereocenters. The lowest BCUT2D eigenvalue weighted by Gasteiger charge is -2.29. The Hall–Kier alpha value is -1.02. The third kappa shape index (κ3) is 3.22. The topological polar surface area (TPSA) is 15.3 Å². The number of anilines is 1. The number of hydrogen-bond acceptors (Lipinski definition) is 2. The molecule has 1 aromatic carbocycles. The molecule has 0 amide bonds. The van der Waals surface area contributed by atoms with E-state index in [2.05, 4.69) is 49.3 Å². The Morgan fingerprint density at radius 3 is 2.59 bits per heavy atom. The number of hydrogen-bond donors (Lipinski definition) is 1. The highest BCUT2D eigenvalue weighted by molar-refractivity contribution is 5.53. The van der Waals surface area contributed by atoms with Crippen LogP contribution in [0.3, 0.4) is 0 Å². The lowest BCUT2D eigenvalue weighted by Crippen LogP contribution is -2.34. The van der Waals surface area contributed by atoms with Gasteiger partial charge in [0.15, 0.2) is 0 Å². The van der Waals surface area contributed by atoms with Crippen molar-refractivity contribution in [2.24, 2.45) is 5.92 Å². The van der Waals surface area contributed by atoms with Crippen LogP contribution in [0, 0.1) is 19.8 Å². The highest BCUT2D eigenvalue weighted by Crippen LogP contribution is 2.22. The van der Waals surface area contributed by atoms with E-state index in [1.165, 1.54) is 49.3 Å². The van der Waals surface area contributed by atoms with Crippen LogP contribution in [0.15, 0.2) is 18.2 Å². The van der Waals surface area contributed by atoms with Crippen molar-refractivity contribution in [1.82, 2.24) is 5.32 Å². The van der Waals surface area contributed by atoms with Crippen molar-refractivity contribution in [1.29, 1.82) is 0 Å². The maximum atomic E-state index is 3.43. The Balaban J connectivity index is 2.00. The highest BCUT2D eigenvalue weighted by atomic mass is 15.1. The van der Waals surface area contributed by atoms with Gasteiger partial charge in [0, 0.05) is 19.3 Å². The van der Waals surface area contributed by atoms with E-state index >= 15 is 0 Å². The second kappa shape index (κ2) is 5.54. The average Bonchev–Trinajstić information content (AvgIpc) is 2.30. The van der Waals surface area contributed by atoms with Crippen LogP contribution in [0.1, 0.15) is 24.0 Å². The summed E-state index contributed by atoms with van der Waals surface area (Å²) in [5, 5.41) is 3.43. The van der Waals surface area contributed by atoms with E-state index in [1.54, 1.807) is 0 Å². The molecule has 0 aliphatic carbocycles. The van der Waals surface area contributed by atoms with Gasteiger partial charge in [-0.15, -0.1) is 0 Å². The van der Waals surface area contributed by atoms with Crippen LogP contribution in [0.2, 0.25) is 0 Å². The van der Waals surface area contributed by atoms with Crippen molar-refractivity contribution in [3.05, 3.63) is 29.3 Å². The van der Waals surface area contributed by atoms with Crippen molar-refractivity contribution >= 4 is 5.69 Å². The smallest absolute Gasteiger partial charge is 0.0393 e. The monoisotopic (exact) mass is 232 g/mol. The van der Waals surface area contributed by atoms with Gasteiger partial charge >= 0.3 is 0 Å². The summed E-state index contributed by atoms with van der Waals surface area (Å²) in [6.45, 7) is 7.92. The summed E-state index contributed by atoms with van der Waals surface area (Å²) >= 11 is 0. The molecule has 1 N–H and O–H groups in total. The van der Waals surface area contributed by atoms with Crippen LogP contribution in [-0.2, 0) is 0 Å². The predicted octanol–water partition coefficient (Wildman–Crippen LogP) is 2.74. The Labute approximate surface area is 105 Å². The fraction of sp³-hybridized carbons (Fsp3) is 0.600. The van der Waals surface area contributed by atoms with Crippen LogP contribution in [0.4, 0.5) is 5.69 Å². The first-order chi connectivity index (χ1) is 8.16. The number of aryl methyl sites for hydroxylation is 2. The average molecular weight is 232 g/mol. The predicted molar refractivity (Wildman–Crippen MR) is 74.8 cm³/mol. The number of nitrogens with zero attached hydrogens (tertiary/aromatic N) is 1. The van der Waals surface area contributed by atoms with E-state index in [0.29, 0.717) is 0 Å². The maximum Gasteiger partial charge on any atom is 0.0393 e. The van der Waals surface area contributed by atoms with Crippen LogP contribution >= 0.6 is 0 Å². The molecular weight excluding hydrogens is 208 g/mol. The quantitative estimate of drug-likeness (QED) is 0.862. The molecule has 1 aliphatic rings. The fourth-order valence-electron chi connectivity index (χ4n) is 2.78. The Bertz CT molecular complexity index is 367. The first-order valence-electron chi connectivity index (χ1n) is 6.66. The minimum atomic E-state index is 0.849. The Morgan fingerprint density at radius 1 is 1.24 bits per heavy atom. The summed E-state index contributed by atoms with van der Waals surface area (Å²) in [7, 11) is 2.22. The van der Waals surface area contributed by atoms with Gasteiger partial charge in [-0.3, -0.25) is 0 Å². The number of benzene rings is 1. The molecular formula is C15H24N2. The maximum absolute atomic E-state index is 3.43. The van der Waals surface area contributed by atoms with Gasteiger partial charge in [0.05, 0.1) is 0 Å². The van der Waals surface area contributed by atoms with E-state index in [0.717, 1.165) is 5.92 Å². The normalized spacial score (nSPS) is 17.1. The number of piperidine rings is 1. The molecule has 0 saturated carbocycles. The molecule has 0 radical (unpaired) electrons. The van der Waals surface area contributed by atoms with Crippen LogP contribution < -0.4 is 10.2 Å². The molecule has 1 saturated heterocycles. The second-order valence-electron chi connectivity index (χ2n) is 5.36. The number of nitrogens with one attached hydrogen (secondary N) is 1. The van der Waals surface area contributed by atoms with Gasteiger partial charge in [-0.2, -0.15) is 0 Å². The lowest BCUT2D eigenvalue weighted by atomic mass is 9.97. The van der Waals surface area contributed by atoms with E-state index in [9.17, 15) is 0 Å². The zero-order valence-corrected chi connectivity index (χ0v) is 11.3. The molecule has 1 aromatic rings. The van der Waals surface area contributed by atoms with Gasteiger partial charge in [-0.25, -0.2) is 0 Å². The molecule has 94 valence electrons. The lowest BCUT2D eigenvalue weighted by molar-refractivity contribution is 0.378. The molecule has 17 heavy (non-hydrogen) atoms. The summed E-state index contributed by atoms with van der Waals surface area (Å²) in [6.07, 6.45) is 2.63. The molecule has 2 heteroatoms. The molecule has 1 heterocycles. The summed E-state index contributed by atoms with van der Waals surface area (Å²) < 4.78 is 0. The van der Waals surface area contributed by atoms with Crippen molar-refractivity contribution in [3.63, 3.8) is 0 Å². The number of rotatable bonds is 3. The van der Waals surface area contributed by atoms with Gasteiger partial charge in [-0.1, -0.05) is 17.7 Å². The molecule has 0 spiro atoms. The van der Waals surface area contributed by atoms with Gasteiger partial charge in [0.25, 0.3) is 0 Å². The molecule has 0 bridgehead atoms. The van der Waals surface area contributed by atoms with Crippen molar-refractivity contribution in [2.75, 3.05) is 31.6 Å². The van der Waals surface area contributed by atoms with Gasteiger partial charge in [0.1, 0.15) is 0 Å². The minimum Gasteiger partial charge on any atom is -0.374 e. The third-order valence-electron chi connectivity index (χ3n) is 3.75. The third-order valence-corrected chi connectivity index (χ3v) is 3.75. The van der Waals surface area contributed by atoms with Crippen LogP contribution in [0.25, 0.3) is 0 Å². The molecule has 0 aromatic heterocycles. The largest absolute Gasteiger partial charge is 0.374 e. The first kappa shape index (κ1) is 12.4.